The normalized spacial score (nSPS) is 11.5. The fraction of sp³-hybridized carbons (Fsp3) is 0.0500. The van der Waals surface area contributed by atoms with Gasteiger partial charge in [-0.25, -0.2) is 31.1 Å². The molecule has 2 heterocycles. The number of benzene rings is 2. The summed E-state index contributed by atoms with van der Waals surface area (Å²) >= 11 is 0. The van der Waals surface area contributed by atoms with Crippen LogP contribution < -0.4 is 5.73 Å². The molecule has 0 unspecified atom stereocenters. The Hall–Kier alpha value is -3.84. The zero-order chi connectivity index (χ0) is 21.6. The standard InChI is InChI=1S/C20H13F2N5O2S/c1-11-2-4-13(5-3-11)30(28,29)27-10-15(20-25-9-17(22)19(24)26-20)14-6-12(8-23)7-16(21)18(14)27/h2-7,9-10H,1H3,(H2,24,25,26). The van der Waals surface area contributed by atoms with Gasteiger partial charge in [0, 0.05) is 17.1 Å². The minimum Gasteiger partial charge on any atom is -0.381 e. The van der Waals surface area contributed by atoms with Crippen LogP contribution in [0.25, 0.3) is 22.3 Å². The maximum atomic E-state index is 14.9. The highest BCUT2D eigenvalue weighted by Gasteiger charge is 2.25. The summed E-state index contributed by atoms with van der Waals surface area (Å²) in [5, 5.41) is 9.27. The number of nitrogens with two attached hydrogens (primary N) is 1. The van der Waals surface area contributed by atoms with Crippen LogP contribution in [-0.4, -0.2) is 22.4 Å². The second-order valence-electron chi connectivity index (χ2n) is 6.55. The van der Waals surface area contributed by atoms with Crippen LogP contribution in [0.1, 0.15) is 11.1 Å². The quantitative estimate of drug-likeness (QED) is 0.538. The molecule has 0 fully saturated rings. The molecule has 0 saturated carbocycles. The third kappa shape index (κ3) is 3.05. The van der Waals surface area contributed by atoms with Crippen LogP contribution in [0, 0.1) is 29.9 Å². The first-order valence-electron chi connectivity index (χ1n) is 8.57. The lowest BCUT2D eigenvalue weighted by atomic mass is 10.1. The van der Waals surface area contributed by atoms with Crippen molar-refractivity contribution in [2.24, 2.45) is 0 Å². The molecule has 0 atom stereocenters. The summed E-state index contributed by atoms with van der Waals surface area (Å²) in [6.07, 6.45) is 1.97. The fourth-order valence-corrected chi connectivity index (χ4v) is 4.42. The summed E-state index contributed by atoms with van der Waals surface area (Å²) in [6.45, 7) is 1.80. The van der Waals surface area contributed by atoms with Gasteiger partial charge >= 0.3 is 0 Å². The second-order valence-corrected chi connectivity index (χ2v) is 8.36. The Morgan fingerprint density at radius 3 is 2.47 bits per heavy atom. The van der Waals surface area contributed by atoms with Crippen molar-refractivity contribution in [3.05, 3.63) is 71.6 Å². The molecule has 0 radical (unpaired) electrons. The van der Waals surface area contributed by atoms with E-state index < -0.39 is 27.5 Å². The van der Waals surface area contributed by atoms with Crippen molar-refractivity contribution in [1.29, 1.82) is 5.26 Å². The van der Waals surface area contributed by atoms with Crippen molar-refractivity contribution in [2.75, 3.05) is 5.73 Å². The van der Waals surface area contributed by atoms with Gasteiger partial charge < -0.3 is 5.73 Å². The molecule has 0 spiro atoms. The Balaban J connectivity index is 2.07. The first-order valence-corrected chi connectivity index (χ1v) is 10.0. The summed E-state index contributed by atoms with van der Waals surface area (Å²) < 4.78 is 55.7. The summed E-state index contributed by atoms with van der Waals surface area (Å²) in [7, 11) is -4.20. The highest BCUT2D eigenvalue weighted by Crippen LogP contribution is 2.34. The Kier molecular flexibility index (Phi) is 4.47. The molecule has 0 aliphatic rings. The van der Waals surface area contributed by atoms with E-state index in [-0.39, 0.29) is 32.7 Å². The third-order valence-electron chi connectivity index (χ3n) is 4.54. The Morgan fingerprint density at radius 1 is 1.13 bits per heavy atom. The molecule has 0 amide bonds. The molecular formula is C20H13F2N5O2S. The SMILES string of the molecule is Cc1ccc(S(=O)(=O)n2cc(-c3ncc(F)c(N)n3)c3cc(C#N)cc(F)c32)cc1. The minimum absolute atomic E-state index is 0.0261. The van der Waals surface area contributed by atoms with Gasteiger partial charge in [-0.2, -0.15) is 5.26 Å². The molecule has 0 saturated heterocycles. The Morgan fingerprint density at radius 2 is 1.83 bits per heavy atom. The van der Waals surface area contributed by atoms with E-state index in [1.54, 1.807) is 19.1 Å². The minimum atomic E-state index is -4.20. The van der Waals surface area contributed by atoms with E-state index in [2.05, 4.69) is 9.97 Å². The topological polar surface area (TPSA) is 115 Å². The van der Waals surface area contributed by atoms with Crippen LogP contribution in [0.15, 0.2) is 53.7 Å². The average Bonchev–Trinajstić information content (AvgIpc) is 3.11. The maximum Gasteiger partial charge on any atom is 0.268 e. The van der Waals surface area contributed by atoms with Crippen molar-refractivity contribution >= 4 is 26.7 Å². The monoisotopic (exact) mass is 425 g/mol. The summed E-state index contributed by atoms with van der Waals surface area (Å²) in [4.78, 5) is 7.63. The molecule has 2 aromatic carbocycles. The van der Waals surface area contributed by atoms with Crippen molar-refractivity contribution in [1.82, 2.24) is 13.9 Å². The lowest BCUT2D eigenvalue weighted by Gasteiger charge is -2.08. The molecule has 4 aromatic rings. The predicted octanol–water partition coefficient (Wildman–Crippen LogP) is 3.38. The van der Waals surface area contributed by atoms with Crippen molar-refractivity contribution in [3.63, 3.8) is 0 Å². The molecule has 4 rings (SSSR count). The number of hydrogen-bond acceptors (Lipinski definition) is 6. The molecule has 10 heteroatoms. The number of halogens is 2. The predicted molar refractivity (Wildman–Crippen MR) is 106 cm³/mol. The van der Waals surface area contributed by atoms with Crippen LogP contribution >= 0.6 is 0 Å². The van der Waals surface area contributed by atoms with Crippen LogP contribution in [-0.2, 0) is 10.0 Å². The van der Waals surface area contributed by atoms with E-state index in [4.69, 9.17) is 5.73 Å². The van der Waals surface area contributed by atoms with Gasteiger partial charge in [0.25, 0.3) is 10.0 Å². The fourth-order valence-electron chi connectivity index (χ4n) is 3.05. The second kappa shape index (κ2) is 6.89. The molecular weight excluding hydrogens is 412 g/mol. The zero-order valence-corrected chi connectivity index (χ0v) is 16.3. The maximum absolute atomic E-state index is 14.9. The Labute approximate surface area is 170 Å². The molecule has 0 aliphatic carbocycles. The lowest BCUT2D eigenvalue weighted by Crippen LogP contribution is -2.12. The molecule has 2 N–H and O–H groups in total. The van der Waals surface area contributed by atoms with Gasteiger partial charge in [0.05, 0.1) is 22.7 Å². The highest BCUT2D eigenvalue weighted by molar-refractivity contribution is 7.90. The number of aromatic nitrogens is 3. The number of hydrogen-bond donors (Lipinski definition) is 1. The largest absolute Gasteiger partial charge is 0.381 e. The van der Waals surface area contributed by atoms with Gasteiger partial charge in [0.15, 0.2) is 17.5 Å². The van der Waals surface area contributed by atoms with Gasteiger partial charge in [-0.15, -0.1) is 0 Å². The summed E-state index contributed by atoms with van der Waals surface area (Å²) in [5.41, 5.74) is 6.14. The average molecular weight is 425 g/mol. The number of nitrogens with zero attached hydrogens (tertiary/aromatic N) is 4. The van der Waals surface area contributed by atoms with Crippen molar-refractivity contribution < 1.29 is 17.2 Å². The summed E-state index contributed by atoms with van der Waals surface area (Å²) in [5.74, 6) is -2.31. The number of fused-ring (bicyclic) bond motifs is 1. The number of rotatable bonds is 3. The molecule has 30 heavy (non-hydrogen) atoms. The number of nitriles is 1. The molecule has 0 aliphatic heterocycles. The van der Waals surface area contributed by atoms with Crippen LogP contribution in [0.2, 0.25) is 0 Å². The van der Waals surface area contributed by atoms with E-state index in [9.17, 15) is 22.5 Å². The third-order valence-corrected chi connectivity index (χ3v) is 6.21. The van der Waals surface area contributed by atoms with Crippen LogP contribution in [0.4, 0.5) is 14.6 Å². The van der Waals surface area contributed by atoms with E-state index >= 15 is 0 Å². The number of nitrogen functional groups attached to an aromatic ring is 1. The van der Waals surface area contributed by atoms with Gasteiger partial charge in [0.2, 0.25) is 0 Å². The molecule has 7 nitrogen and oxygen atoms in total. The summed E-state index contributed by atoms with van der Waals surface area (Å²) in [6, 6.07) is 10.1. The van der Waals surface area contributed by atoms with Crippen molar-refractivity contribution in [2.45, 2.75) is 11.8 Å². The zero-order valence-electron chi connectivity index (χ0n) is 15.5. The smallest absolute Gasteiger partial charge is 0.268 e. The van der Waals surface area contributed by atoms with Gasteiger partial charge in [-0.1, -0.05) is 17.7 Å². The van der Waals surface area contributed by atoms with Gasteiger partial charge in [-0.05, 0) is 31.2 Å². The number of anilines is 1. The van der Waals surface area contributed by atoms with Gasteiger partial charge in [-0.3, -0.25) is 0 Å². The molecule has 0 bridgehead atoms. The highest BCUT2D eigenvalue weighted by atomic mass is 32.2. The molecule has 2 aromatic heterocycles. The first-order chi connectivity index (χ1) is 14.2. The lowest BCUT2D eigenvalue weighted by molar-refractivity contribution is 0.586. The van der Waals surface area contributed by atoms with Crippen LogP contribution in [0.3, 0.4) is 0 Å². The Bertz CT molecular complexity index is 1460. The molecule has 150 valence electrons. The van der Waals surface area contributed by atoms with Gasteiger partial charge in [0.1, 0.15) is 11.3 Å². The van der Waals surface area contributed by atoms with Crippen LogP contribution in [0.5, 0.6) is 0 Å². The van der Waals surface area contributed by atoms with E-state index in [0.717, 1.165) is 28.0 Å². The van der Waals surface area contributed by atoms with E-state index in [1.807, 2.05) is 6.07 Å². The van der Waals surface area contributed by atoms with E-state index in [1.165, 1.54) is 18.2 Å². The first kappa shape index (κ1) is 19.5. The van der Waals surface area contributed by atoms with E-state index in [0.29, 0.717) is 0 Å². The number of aryl methyl sites for hydroxylation is 1. The van der Waals surface area contributed by atoms with Crippen molar-refractivity contribution in [3.8, 4) is 17.5 Å².